The second-order valence-electron chi connectivity index (χ2n) is 6.01. The molecule has 0 spiro atoms. The molecule has 0 heterocycles. The normalized spacial score (nSPS) is 17.6. The van der Waals surface area contributed by atoms with Crippen LogP contribution in [-0.2, 0) is 25.1 Å². The Morgan fingerprint density at radius 1 is 1.35 bits per heavy atom. The highest BCUT2D eigenvalue weighted by Gasteiger charge is 2.46. The summed E-state index contributed by atoms with van der Waals surface area (Å²) in [6.45, 7) is 4.81. The van der Waals surface area contributed by atoms with Gasteiger partial charge in [-0.25, -0.2) is 0 Å². The summed E-state index contributed by atoms with van der Waals surface area (Å²) in [4.78, 5) is 22.9. The van der Waals surface area contributed by atoms with Crippen LogP contribution >= 0.6 is 0 Å². The van der Waals surface area contributed by atoms with E-state index in [1.54, 1.807) is 0 Å². The van der Waals surface area contributed by atoms with Crippen molar-refractivity contribution in [2.45, 2.75) is 39.5 Å². The average molecular weight is 303 g/mol. The lowest BCUT2D eigenvalue weighted by atomic mass is 10.1. The molecule has 1 aliphatic rings. The summed E-state index contributed by atoms with van der Waals surface area (Å²) >= 11 is 0. The van der Waals surface area contributed by atoms with E-state index >= 15 is 0 Å². The molecule has 0 aromatic heterocycles. The number of esters is 1. The van der Waals surface area contributed by atoms with Crippen molar-refractivity contribution < 1.29 is 18.5 Å². The fourth-order valence-corrected chi connectivity index (χ4v) is 3.59. The van der Waals surface area contributed by atoms with Crippen LogP contribution in [0.3, 0.4) is 0 Å². The molecule has 0 aromatic carbocycles. The first-order chi connectivity index (χ1) is 9.37. The lowest BCUT2D eigenvalue weighted by Gasteiger charge is -2.13. The number of hydrogen-bond donors (Lipinski definition) is 1. The summed E-state index contributed by atoms with van der Waals surface area (Å²) in [5.41, 5.74) is -0.184. The molecule has 5 nitrogen and oxygen atoms in total. The summed E-state index contributed by atoms with van der Waals surface area (Å²) in [6.07, 6.45) is 3.01. The van der Waals surface area contributed by atoms with Crippen LogP contribution in [0.25, 0.3) is 0 Å². The number of hydrogen-bond acceptors (Lipinski definition) is 4. The first-order valence-corrected chi connectivity index (χ1v) is 8.54. The van der Waals surface area contributed by atoms with E-state index in [4.69, 9.17) is 0 Å². The highest BCUT2D eigenvalue weighted by molar-refractivity contribution is 7.85. The summed E-state index contributed by atoms with van der Waals surface area (Å²) in [7, 11) is 0.149. The van der Waals surface area contributed by atoms with Gasteiger partial charge in [0.1, 0.15) is 5.75 Å². The highest BCUT2D eigenvalue weighted by atomic mass is 32.2. The van der Waals surface area contributed by atoms with E-state index in [0.29, 0.717) is 24.6 Å². The number of nitrogens with one attached hydrogen (secondary N) is 1. The van der Waals surface area contributed by atoms with Gasteiger partial charge in [0, 0.05) is 23.1 Å². The Morgan fingerprint density at radius 2 is 2.00 bits per heavy atom. The zero-order chi connectivity index (χ0) is 15.2. The lowest BCUT2D eigenvalue weighted by Crippen LogP contribution is -2.31. The van der Waals surface area contributed by atoms with E-state index in [9.17, 15) is 13.8 Å². The SMILES string of the molecule is COC(=O)CC1(CS(=O)CC(=O)NCCC(C)C)CC1. The molecule has 1 atom stereocenters. The maximum atomic E-state index is 12.0. The molecule has 116 valence electrons. The van der Waals surface area contributed by atoms with Gasteiger partial charge >= 0.3 is 5.97 Å². The van der Waals surface area contributed by atoms with Crippen LogP contribution in [-0.4, -0.2) is 41.2 Å². The van der Waals surface area contributed by atoms with E-state index in [-0.39, 0.29) is 23.0 Å². The summed E-state index contributed by atoms with van der Waals surface area (Å²) in [5, 5.41) is 2.78. The van der Waals surface area contributed by atoms with Gasteiger partial charge in [-0.2, -0.15) is 0 Å². The zero-order valence-corrected chi connectivity index (χ0v) is 13.4. The Kier molecular flexibility index (Phi) is 6.65. The van der Waals surface area contributed by atoms with E-state index in [1.807, 2.05) is 0 Å². The summed E-state index contributed by atoms with van der Waals surface area (Å²) < 4.78 is 16.6. The van der Waals surface area contributed by atoms with Gasteiger partial charge in [-0.3, -0.25) is 13.8 Å². The van der Waals surface area contributed by atoms with Gasteiger partial charge in [0.2, 0.25) is 5.91 Å². The summed E-state index contributed by atoms with van der Waals surface area (Å²) in [5.74, 6) is 0.551. The van der Waals surface area contributed by atoms with Gasteiger partial charge in [-0.05, 0) is 30.6 Å². The molecule has 0 aliphatic heterocycles. The first-order valence-electron chi connectivity index (χ1n) is 7.05. The number of ether oxygens (including phenoxy) is 1. The largest absolute Gasteiger partial charge is 0.469 e. The Bertz CT molecular complexity index is 377. The Labute approximate surface area is 123 Å². The molecule has 1 amide bonds. The van der Waals surface area contributed by atoms with Crippen molar-refractivity contribution >= 4 is 22.7 Å². The van der Waals surface area contributed by atoms with Crippen molar-refractivity contribution in [3.63, 3.8) is 0 Å². The number of rotatable bonds is 9. The first kappa shape index (κ1) is 17.1. The lowest BCUT2D eigenvalue weighted by molar-refractivity contribution is -0.141. The van der Waals surface area contributed by atoms with E-state index < -0.39 is 10.8 Å². The van der Waals surface area contributed by atoms with E-state index in [0.717, 1.165) is 19.3 Å². The Morgan fingerprint density at radius 3 is 2.50 bits per heavy atom. The predicted octanol–water partition coefficient (Wildman–Crippen LogP) is 1.24. The molecule has 0 radical (unpaired) electrons. The van der Waals surface area contributed by atoms with Crippen molar-refractivity contribution in [1.82, 2.24) is 5.32 Å². The van der Waals surface area contributed by atoms with Crippen LogP contribution in [0.4, 0.5) is 0 Å². The third kappa shape index (κ3) is 6.50. The van der Waals surface area contributed by atoms with Crippen molar-refractivity contribution in [3.8, 4) is 0 Å². The molecular formula is C14H25NO4S. The quantitative estimate of drug-likeness (QED) is 0.651. The van der Waals surface area contributed by atoms with Crippen molar-refractivity contribution in [3.05, 3.63) is 0 Å². The highest BCUT2D eigenvalue weighted by Crippen LogP contribution is 2.49. The second-order valence-corrected chi connectivity index (χ2v) is 7.47. The summed E-state index contributed by atoms with van der Waals surface area (Å²) in [6, 6.07) is 0. The predicted molar refractivity (Wildman–Crippen MR) is 78.6 cm³/mol. The molecule has 1 fully saturated rings. The van der Waals surface area contributed by atoms with Crippen LogP contribution in [0.15, 0.2) is 0 Å². The van der Waals surface area contributed by atoms with E-state index in [1.165, 1.54) is 7.11 Å². The molecular weight excluding hydrogens is 278 g/mol. The molecule has 1 rings (SSSR count). The smallest absolute Gasteiger partial charge is 0.306 e. The topological polar surface area (TPSA) is 72.5 Å². The second kappa shape index (κ2) is 7.76. The van der Waals surface area contributed by atoms with Gasteiger partial charge in [0.15, 0.2) is 0 Å². The molecule has 0 aromatic rings. The maximum absolute atomic E-state index is 12.0. The van der Waals surface area contributed by atoms with Gasteiger partial charge in [0.25, 0.3) is 0 Å². The van der Waals surface area contributed by atoms with Crippen LogP contribution < -0.4 is 5.32 Å². The van der Waals surface area contributed by atoms with Gasteiger partial charge in [-0.1, -0.05) is 13.8 Å². The zero-order valence-electron chi connectivity index (χ0n) is 12.6. The monoisotopic (exact) mass is 303 g/mol. The average Bonchev–Trinajstić information content (AvgIpc) is 3.07. The molecule has 6 heteroatoms. The van der Waals surface area contributed by atoms with Gasteiger partial charge in [-0.15, -0.1) is 0 Å². The van der Waals surface area contributed by atoms with Crippen molar-refractivity contribution in [2.75, 3.05) is 25.2 Å². The van der Waals surface area contributed by atoms with Crippen LogP contribution in [0.1, 0.15) is 39.5 Å². The van der Waals surface area contributed by atoms with E-state index in [2.05, 4.69) is 23.9 Å². The number of carbonyl (C=O) groups excluding carboxylic acids is 2. The van der Waals surface area contributed by atoms with Gasteiger partial charge < -0.3 is 10.1 Å². The minimum absolute atomic E-state index is 0.0288. The molecule has 0 bridgehead atoms. The number of methoxy groups -OCH3 is 1. The minimum atomic E-state index is -1.21. The van der Waals surface area contributed by atoms with Crippen molar-refractivity contribution in [1.29, 1.82) is 0 Å². The third-order valence-corrected chi connectivity index (χ3v) is 5.03. The number of carbonyl (C=O) groups is 2. The fourth-order valence-electron chi connectivity index (χ4n) is 2.02. The minimum Gasteiger partial charge on any atom is -0.469 e. The Balaban J connectivity index is 2.26. The maximum Gasteiger partial charge on any atom is 0.306 e. The molecule has 20 heavy (non-hydrogen) atoms. The van der Waals surface area contributed by atoms with Crippen LogP contribution in [0.2, 0.25) is 0 Å². The molecule has 1 aliphatic carbocycles. The molecule has 1 unspecified atom stereocenters. The van der Waals surface area contributed by atoms with Crippen LogP contribution in [0, 0.1) is 11.3 Å². The fraction of sp³-hybridized carbons (Fsp3) is 0.857. The van der Waals surface area contributed by atoms with Crippen molar-refractivity contribution in [2.24, 2.45) is 11.3 Å². The van der Waals surface area contributed by atoms with Gasteiger partial charge in [0.05, 0.1) is 13.5 Å². The molecule has 0 saturated heterocycles. The molecule has 1 saturated carbocycles. The standard InChI is InChI=1S/C14H25NO4S/c1-11(2)4-7-15-12(16)9-20(18)10-14(5-6-14)8-13(17)19-3/h11H,4-10H2,1-3H3,(H,15,16). The Hall–Kier alpha value is -0.910. The third-order valence-electron chi connectivity index (χ3n) is 3.51. The molecule has 1 N–H and O–H groups in total. The number of amides is 1. The van der Waals surface area contributed by atoms with Crippen LogP contribution in [0.5, 0.6) is 0 Å².